The fourth-order valence-electron chi connectivity index (χ4n) is 4.18. The fraction of sp³-hybridized carbons (Fsp3) is 0.400. The molecule has 1 aromatic heterocycles. The number of nitrogens with one attached hydrogen (secondary N) is 2. The number of fused-ring (bicyclic) bond motifs is 1. The summed E-state index contributed by atoms with van der Waals surface area (Å²) in [6, 6.07) is 7.24. The third-order valence-electron chi connectivity index (χ3n) is 5.60. The van der Waals surface area contributed by atoms with Crippen LogP contribution in [0.25, 0.3) is 11.1 Å². The molecule has 1 aromatic carbocycles. The maximum absolute atomic E-state index is 12.8. The van der Waals surface area contributed by atoms with E-state index in [0.29, 0.717) is 19.3 Å². The number of carbonyl (C=O) groups excluding carboxylic acids is 1. The molecule has 1 aliphatic heterocycles. The lowest BCUT2D eigenvalue weighted by atomic mass is 9.79. The molecule has 0 bridgehead atoms. The van der Waals surface area contributed by atoms with Crippen molar-refractivity contribution in [1.82, 2.24) is 9.29 Å². The van der Waals surface area contributed by atoms with Crippen LogP contribution in [0.5, 0.6) is 0 Å². The van der Waals surface area contributed by atoms with Crippen LogP contribution in [0.1, 0.15) is 30.0 Å². The van der Waals surface area contributed by atoms with E-state index in [0.717, 1.165) is 41.6 Å². The van der Waals surface area contributed by atoms with E-state index in [2.05, 4.69) is 16.1 Å². The Kier molecular flexibility index (Phi) is 5.98. The van der Waals surface area contributed by atoms with Gasteiger partial charge in [-0.2, -0.15) is 0 Å². The van der Waals surface area contributed by atoms with Gasteiger partial charge in [0.1, 0.15) is 0 Å². The minimum Gasteiger partial charge on any atom is -0.427 e. The van der Waals surface area contributed by atoms with Crippen molar-refractivity contribution in [3.8, 4) is 11.1 Å². The lowest BCUT2D eigenvalue weighted by Crippen LogP contribution is -2.34. The fourth-order valence-corrected chi connectivity index (χ4v) is 4.42. The summed E-state index contributed by atoms with van der Waals surface area (Å²) in [6.45, 7) is 0.320. The van der Waals surface area contributed by atoms with Gasteiger partial charge in [0.15, 0.2) is 0 Å². The maximum atomic E-state index is 12.8. The maximum Gasteiger partial charge on any atom is 0.454 e. The molecule has 1 atom stereocenters. The average molecular weight is 413 g/mol. The van der Waals surface area contributed by atoms with Crippen LogP contribution in [0, 0.1) is 0 Å². The summed E-state index contributed by atoms with van der Waals surface area (Å²) in [6.07, 6.45) is 7.77. The van der Waals surface area contributed by atoms with Crippen molar-refractivity contribution < 1.29 is 14.5 Å². The number of carbonyl (C=O) groups is 1. The molecule has 1 unspecified atom stereocenters. The zero-order valence-corrected chi connectivity index (χ0v) is 17.1. The van der Waals surface area contributed by atoms with Crippen molar-refractivity contribution >= 4 is 30.8 Å². The quantitative estimate of drug-likeness (QED) is 0.530. The molecule has 2 heterocycles. The van der Waals surface area contributed by atoms with Crippen LogP contribution < -0.4 is 15.6 Å². The molecular formula is C20H24BN3O4S. The Morgan fingerprint density at radius 2 is 2.21 bits per heavy atom. The predicted octanol–water partition coefficient (Wildman–Crippen LogP) is 2.85. The van der Waals surface area contributed by atoms with Gasteiger partial charge >= 0.3 is 13.1 Å². The monoisotopic (exact) mass is 413 g/mol. The van der Waals surface area contributed by atoms with Gasteiger partial charge in [-0.3, -0.25) is 9.52 Å². The molecule has 0 spiro atoms. The zero-order chi connectivity index (χ0) is 20.4. The number of aromatic nitrogens is 1. The molecular weight excluding hydrogens is 389 g/mol. The van der Waals surface area contributed by atoms with Gasteiger partial charge < -0.3 is 19.6 Å². The first-order valence-corrected chi connectivity index (χ1v) is 11.1. The number of pyridine rings is 1. The van der Waals surface area contributed by atoms with Crippen molar-refractivity contribution in [2.45, 2.75) is 38.0 Å². The number of rotatable bonds is 4. The number of hydrogen-bond acceptors (Lipinski definition) is 5. The Morgan fingerprint density at radius 3 is 2.93 bits per heavy atom. The van der Waals surface area contributed by atoms with Gasteiger partial charge in [0.25, 0.3) is 5.56 Å². The van der Waals surface area contributed by atoms with Gasteiger partial charge in [-0.15, -0.1) is 0 Å². The van der Waals surface area contributed by atoms with Gasteiger partial charge in [-0.25, -0.2) is 4.79 Å². The molecule has 29 heavy (non-hydrogen) atoms. The molecule has 1 fully saturated rings. The summed E-state index contributed by atoms with van der Waals surface area (Å²) >= 11 is 1.24. The highest BCUT2D eigenvalue weighted by Crippen LogP contribution is 2.37. The van der Waals surface area contributed by atoms with Crippen LogP contribution >= 0.6 is 11.9 Å². The lowest BCUT2D eigenvalue weighted by molar-refractivity contribution is 0.178. The molecule has 0 radical (unpaired) electrons. The summed E-state index contributed by atoms with van der Waals surface area (Å²) in [7, 11) is -0.742. The van der Waals surface area contributed by atoms with Crippen molar-refractivity contribution in [3.05, 3.63) is 51.9 Å². The van der Waals surface area contributed by atoms with Crippen LogP contribution in [-0.2, 0) is 17.5 Å². The van der Waals surface area contributed by atoms with Crippen LogP contribution in [0.15, 0.2) is 35.3 Å². The smallest absolute Gasteiger partial charge is 0.427 e. The molecule has 9 heteroatoms. The van der Waals surface area contributed by atoms with Crippen LogP contribution in [0.3, 0.4) is 0 Å². The Morgan fingerprint density at radius 1 is 1.34 bits per heavy atom. The van der Waals surface area contributed by atoms with Gasteiger partial charge in [-0.05, 0) is 54.8 Å². The topological polar surface area (TPSA) is 92.6 Å². The second-order valence-corrected chi connectivity index (χ2v) is 8.03. The Hall–Kier alpha value is -2.23. The molecule has 4 rings (SSSR count). The number of nitrogens with zero attached hydrogens (tertiary/aromatic N) is 1. The van der Waals surface area contributed by atoms with E-state index >= 15 is 0 Å². The largest absolute Gasteiger partial charge is 0.454 e. The Labute approximate surface area is 174 Å². The highest BCUT2D eigenvalue weighted by atomic mass is 32.2. The summed E-state index contributed by atoms with van der Waals surface area (Å²) in [5.41, 5.74) is 4.69. The molecule has 2 aliphatic rings. The normalized spacial score (nSPS) is 18.4. The first-order valence-electron chi connectivity index (χ1n) is 9.84. The first-order chi connectivity index (χ1) is 14.1. The number of urea groups is 1. The van der Waals surface area contributed by atoms with E-state index in [-0.39, 0.29) is 17.6 Å². The van der Waals surface area contributed by atoms with E-state index in [4.69, 9.17) is 4.65 Å². The van der Waals surface area contributed by atoms with Crippen molar-refractivity contribution in [2.75, 3.05) is 18.2 Å². The second-order valence-electron chi connectivity index (χ2n) is 7.42. The number of hydrogen-bond donors (Lipinski definition) is 3. The number of amides is 2. The Balaban J connectivity index is 1.68. The van der Waals surface area contributed by atoms with Gasteiger partial charge in [0, 0.05) is 24.1 Å². The van der Waals surface area contributed by atoms with Crippen molar-refractivity contribution in [2.24, 2.45) is 0 Å². The highest BCUT2D eigenvalue weighted by Gasteiger charge is 2.26. The number of aryl methyl sites for hydroxylation is 1. The molecule has 2 amide bonds. The van der Waals surface area contributed by atoms with Crippen LogP contribution in [0.2, 0.25) is 6.32 Å². The number of anilines is 1. The molecule has 1 aliphatic carbocycles. The zero-order valence-electron chi connectivity index (χ0n) is 16.3. The van der Waals surface area contributed by atoms with E-state index in [1.807, 2.05) is 12.1 Å². The summed E-state index contributed by atoms with van der Waals surface area (Å²) in [5, 5.41) is 12.5. The summed E-state index contributed by atoms with van der Waals surface area (Å²) in [5.74, 6) is 0. The van der Waals surface area contributed by atoms with Gasteiger partial charge in [0.05, 0.1) is 18.3 Å². The van der Waals surface area contributed by atoms with E-state index < -0.39 is 7.12 Å². The SMILES string of the molecule is CSNC(=O)Nc1c(-c2ccn(C3CCB(O)OC3)c(=O)c2)ccc2c1CCC2. The summed E-state index contributed by atoms with van der Waals surface area (Å²) in [4.78, 5) is 25.0. The van der Waals surface area contributed by atoms with Gasteiger partial charge in [-0.1, -0.05) is 24.1 Å². The Bertz CT molecular complexity index is 973. The van der Waals surface area contributed by atoms with Crippen molar-refractivity contribution in [3.63, 3.8) is 0 Å². The van der Waals surface area contributed by atoms with E-state index in [1.165, 1.54) is 17.5 Å². The first kappa shape index (κ1) is 20.1. The standard InChI is InChI=1S/C20H24BN3O4S/c1-29-23-20(26)22-19-16-4-2-3-13(16)5-6-17(19)14-8-10-24(18(25)11-14)15-7-9-21(27)28-12-15/h5-6,8,10-11,15,27H,2-4,7,9,12H2,1H3,(H2,22,23,26). The predicted molar refractivity (Wildman–Crippen MR) is 116 cm³/mol. The minimum absolute atomic E-state index is 0.0788. The second kappa shape index (κ2) is 8.65. The third-order valence-corrected chi connectivity index (χ3v) is 5.99. The van der Waals surface area contributed by atoms with Gasteiger partial charge in [0.2, 0.25) is 0 Å². The van der Waals surface area contributed by atoms with Crippen LogP contribution in [0.4, 0.5) is 10.5 Å². The molecule has 7 nitrogen and oxygen atoms in total. The average Bonchev–Trinajstić information content (AvgIpc) is 3.18. The lowest BCUT2D eigenvalue weighted by Gasteiger charge is -2.26. The van der Waals surface area contributed by atoms with E-state index in [9.17, 15) is 14.6 Å². The van der Waals surface area contributed by atoms with Crippen molar-refractivity contribution in [1.29, 1.82) is 0 Å². The number of benzene rings is 1. The highest BCUT2D eigenvalue weighted by molar-refractivity contribution is 7.97. The molecule has 1 saturated heterocycles. The van der Waals surface area contributed by atoms with E-state index in [1.54, 1.807) is 23.1 Å². The molecule has 2 aromatic rings. The minimum atomic E-state index is -0.742. The molecule has 3 N–H and O–H groups in total. The van der Waals surface area contributed by atoms with Crippen LogP contribution in [-0.4, -0.2) is 35.6 Å². The molecule has 152 valence electrons. The third kappa shape index (κ3) is 4.22. The molecule has 0 saturated carbocycles. The summed E-state index contributed by atoms with van der Waals surface area (Å²) < 4.78 is 9.65.